The normalized spacial score (nSPS) is 13.5. The van der Waals surface area contributed by atoms with Crippen LogP contribution in [0.15, 0.2) is 11.6 Å². The van der Waals surface area contributed by atoms with E-state index in [1.807, 2.05) is 6.92 Å². The minimum absolute atomic E-state index is 0.234. The van der Waals surface area contributed by atoms with E-state index in [2.05, 4.69) is 26.8 Å². The molecule has 0 N–H and O–H groups in total. The largest absolute Gasteiger partial charge is 0.460 e. The number of esters is 1. The fraction of sp³-hybridized carbons (Fsp3) is 0.750. The maximum atomic E-state index is 11.5. The van der Waals surface area contributed by atoms with Gasteiger partial charge < -0.3 is 4.74 Å². The molecular weight excluding hydrogens is 240 g/mol. The van der Waals surface area contributed by atoms with Crippen LogP contribution in [0.3, 0.4) is 0 Å². The minimum atomic E-state index is -0.675. The summed E-state index contributed by atoms with van der Waals surface area (Å²) in [5.74, 6) is -0.810. The first kappa shape index (κ1) is 17.9. The zero-order valence-electron chi connectivity index (χ0n) is 13.0. The molecular formula is C16H28O3. The van der Waals surface area contributed by atoms with Crippen molar-refractivity contribution in [2.75, 3.05) is 6.61 Å². The Morgan fingerprint density at radius 3 is 2.32 bits per heavy atom. The summed E-state index contributed by atoms with van der Waals surface area (Å²) in [4.78, 5) is 23.0. The molecule has 0 rings (SSSR count). The van der Waals surface area contributed by atoms with Crippen LogP contribution in [0.1, 0.15) is 60.3 Å². The average molecular weight is 268 g/mol. The van der Waals surface area contributed by atoms with Gasteiger partial charge in [0, 0.05) is 5.92 Å². The number of ketones is 1. The van der Waals surface area contributed by atoms with Gasteiger partial charge in [-0.05, 0) is 45.4 Å². The molecule has 0 aliphatic carbocycles. The number of allylic oxidation sites excluding steroid dienone is 2. The third-order valence-electron chi connectivity index (χ3n) is 3.32. The second-order valence-electron chi connectivity index (χ2n) is 5.56. The Hall–Kier alpha value is -1.12. The molecule has 0 fully saturated rings. The van der Waals surface area contributed by atoms with Crippen molar-refractivity contribution in [3.63, 3.8) is 0 Å². The molecule has 0 saturated carbocycles. The van der Waals surface area contributed by atoms with Gasteiger partial charge in [0.2, 0.25) is 5.78 Å². The van der Waals surface area contributed by atoms with Crippen molar-refractivity contribution in [1.82, 2.24) is 0 Å². The van der Waals surface area contributed by atoms with Crippen LogP contribution in [0.25, 0.3) is 0 Å². The van der Waals surface area contributed by atoms with Crippen LogP contribution in [0, 0.1) is 11.8 Å². The van der Waals surface area contributed by atoms with Crippen molar-refractivity contribution in [1.29, 1.82) is 0 Å². The summed E-state index contributed by atoms with van der Waals surface area (Å²) in [6.07, 6.45) is 5.85. The summed E-state index contributed by atoms with van der Waals surface area (Å²) in [7, 11) is 0. The number of ether oxygens (including phenoxy) is 1. The maximum absolute atomic E-state index is 11.5. The van der Waals surface area contributed by atoms with Gasteiger partial charge in [0.25, 0.3) is 0 Å². The van der Waals surface area contributed by atoms with Crippen molar-refractivity contribution in [2.24, 2.45) is 11.8 Å². The van der Waals surface area contributed by atoms with Gasteiger partial charge in [0.1, 0.15) is 0 Å². The highest BCUT2D eigenvalue weighted by atomic mass is 16.5. The van der Waals surface area contributed by atoms with Gasteiger partial charge >= 0.3 is 5.97 Å². The average Bonchev–Trinajstić information content (AvgIpc) is 2.36. The lowest BCUT2D eigenvalue weighted by Gasteiger charge is -2.11. The number of carbonyl (C=O) groups is 2. The van der Waals surface area contributed by atoms with E-state index in [1.165, 1.54) is 5.57 Å². The van der Waals surface area contributed by atoms with Gasteiger partial charge in [0.15, 0.2) is 0 Å². The van der Waals surface area contributed by atoms with Crippen molar-refractivity contribution in [3.05, 3.63) is 11.6 Å². The van der Waals surface area contributed by atoms with Crippen LogP contribution in [0.5, 0.6) is 0 Å². The van der Waals surface area contributed by atoms with Gasteiger partial charge in [-0.2, -0.15) is 0 Å². The zero-order valence-corrected chi connectivity index (χ0v) is 13.0. The highest BCUT2D eigenvalue weighted by molar-refractivity contribution is 6.34. The SMILES string of the molecule is CCC(C)C(=O)C(=O)OCCC(C)CCC=C(C)C. The van der Waals surface area contributed by atoms with E-state index in [0.717, 1.165) is 19.3 Å². The van der Waals surface area contributed by atoms with Crippen molar-refractivity contribution in [2.45, 2.75) is 60.3 Å². The molecule has 3 nitrogen and oxygen atoms in total. The molecule has 0 aliphatic rings. The minimum Gasteiger partial charge on any atom is -0.460 e. The Balaban J connectivity index is 3.81. The van der Waals surface area contributed by atoms with Gasteiger partial charge in [-0.3, -0.25) is 4.79 Å². The summed E-state index contributed by atoms with van der Waals surface area (Å²) >= 11 is 0. The van der Waals surface area contributed by atoms with Crippen LogP contribution in [0.4, 0.5) is 0 Å². The van der Waals surface area contributed by atoms with Crippen LogP contribution in [0.2, 0.25) is 0 Å². The molecule has 2 atom stereocenters. The smallest absolute Gasteiger partial charge is 0.374 e. The van der Waals surface area contributed by atoms with E-state index in [9.17, 15) is 9.59 Å². The molecule has 3 heteroatoms. The molecule has 0 bridgehead atoms. The molecule has 0 aliphatic heterocycles. The van der Waals surface area contributed by atoms with Crippen LogP contribution in [-0.2, 0) is 14.3 Å². The number of hydrogen-bond acceptors (Lipinski definition) is 3. The fourth-order valence-corrected chi connectivity index (χ4v) is 1.61. The first-order chi connectivity index (χ1) is 8.88. The molecule has 19 heavy (non-hydrogen) atoms. The van der Waals surface area contributed by atoms with Crippen LogP contribution >= 0.6 is 0 Å². The summed E-state index contributed by atoms with van der Waals surface area (Å²) < 4.78 is 5.02. The molecule has 0 aromatic rings. The predicted molar refractivity (Wildman–Crippen MR) is 77.9 cm³/mol. The quantitative estimate of drug-likeness (QED) is 0.361. The van der Waals surface area contributed by atoms with Crippen molar-refractivity contribution >= 4 is 11.8 Å². The molecule has 2 unspecified atom stereocenters. The van der Waals surface area contributed by atoms with Gasteiger partial charge in [-0.25, -0.2) is 4.79 Å². The van der Waals surface area contributed by atoms with E-state index in [1.54, 1.807) is 6.92 Å². The second kappa shape index (κ2) is 9.76. The highest BCUT2D eigenvalue weighted by Gasteiger charge is 2.21. The Labute approximate surface area is 117 Å². The van der Waals surface area contributed by atoms with E-state index >= 15 is 0 Å². The van der Waals surface area contributed by atoms with Crippen LogP contribution < -0.4 is 0 Å². The monoisotopic (exact) mass is 268 g/mol. The third-order valence-corrected chi connectivity index (χ3v) is 3.32. The number of Topliss-reactive ketones (excluding diaryl/α,β-unsaturated/α-hetero) is 1. The lowest BCUT2D eigenvalue weighted by atomic mass is 10.0. The molecule has 0 saturated heterocycles. The summed E-state index contributed by atoms with van der Waals surface area (Å²) in [6, 6.07) is 0. The molecule has 0 amide bonds. The van der Waals surface area contributed by atoms with Crippen molar-refractivity contribution in [3.8, 4) is 0 Å². The molecule has 110 valence electrons. The predicted octanol–water partition coefficient (Wildman–Crippen LogP) is 3.92. The zero-order chi connectivity index (χ0) is 14.8. The highest BCUT2D eigenvalue weighted by Crippen LogP contribution is 2.12. The maximum Gasteiger partial charge on any atom is 0.374 e. The number of carbonyl (C=O) groups excluding carboxylic acids is 2. The van der Waals surface area contributed by atoms with Gasteiger partial charge in [-0.1, -0.05) is 32.4 Å². The number of rotatable bonds is 9. The third kappa shape index (κ3) is 8.57. The second-order valence-corrected chi connectivity index (χ2v) is 5.56. The van der Waals surface area contributed by atoms with E-state index in [-0.39, 0.29) is 5.92 Å². The molecule has 0 spiro atoms. The van der Waals surface area contributed by atoms with E-state index in [4.69, 9.17) is 4.74 Å². The molecule has 0 aromatic heterocycles. The van der Waals surface area contributed by atoms with Crippen LogP contribution in [-0.4, -0.2) is 18.4 Å². The topological polar surface area (TPSA) is 43.4 Å². The Morgan fingerprint density at radius 2 is 1.79 bits per heavy atom. The Bertz CT molecular complexity index is 314. The molecule has 0 aromatic carbocycles. The summed E-state index contributed by atoms with van der Waals surface area (Å²) in [5.41, 5.74) is 1.33. The lowest BCUT2D eigenvalue weighted by molar-refractivity contribution is -0.155. The fourth-order valence-electron chi connectivity index (χ4n) is 1.61. The summed E-state index contributed by atoms with van der Waals surface area (Å²) in [6.45, 7) is 10.3. The Kier molecular flexibility index (Phi) is 9.19. The summed E-state index contributed by atoms with van der Waals surface area (Å²) in [5, 5.41) is 0. The lowest BCUT2D eigenvalue weighted by Crippen LogP contribution is -2.24. The Morgan fingerprint density at radius 1 is 1.16 bits per heavy atom. The first-order valence-corrected chi connectivity index (χ1v) is 7.22. The van der Waals surface area contributed by atoms with Gasteiger partial charge in [0.05, 0.1) is 6.61 Å². The van der Waals surface area contributed by atoms with Crippen molar-refractivity contribution < 1.29 is 14.3 Å². The standard InChI is InChI=1S/C16H28O3/c1-6-14(5)15(17)16(18)19-11-10-13(4)9-7-8-12(2)3/h8,13-14H,6-7,9-11H2,1-5H3. The molecule has 0 heterocycles. The number of hydrogen-bond donors (Lipinski definition) is 0. The first-order valence-electron chi connectivity index (χ1n) is 7.22. The molecule has 0 radical (unpaired) electrons. The van der Waals surface area contributed by atoms with Gasteiger partial charge in [-0.15, -0.1) is 0 Å². The van der Waals surface area contributed by atoms with E-state index < -0.39 is 11.8 Å². The van der Waals surface area contributed by atoms with E-state index in [0.29, 0.717) is 18.9 Å².